The van der Waals surface area contributed by atoms with E-state index in [1.165, 1.54) is 19.2 Å². The lowest BCUT2D eigenvalue weighted by Gasteiger charge is -2.29. The predicted molar refractivity (Wildman–Crippen MR) is 109 cm³/mol. The maximum atomic E-state index is 14.5. The molecule has 1 aliphatic rings. The van der Waals surface area contributed by atoms with Gasteiger partial charge < -0.3 is 14.8 Å². The SMILES string of the molecule is COC(=O)c1cc(NC(=O)C2(c3ccccc3F)CCCC2)ccc1OC(C)C. The standard InChI is InChI=1S/C23H26FNO4/c1-15(2)29-20-11-10-16(14-17(20)21(26)28-3)25-22(27)23(12-6-7-13-23)18-8-4-5-9-19(18)24/h4-5,8-11,14-15H,6-7,12-13H2,1-3H3,(H,25,27). The van der Waals surface area contributed by atoms with Gasteiger partial charge in [-0.2, -0.15) is 0 Å². The highest BCUT2D eigenvalue weighted by Gasteiger charge is 2.44. The van der Waals surface area contributed by atoms with Crippen molar-refractivity contribution >= 4 is 17.6 Å². The molecule has 29 heavy (non-hydrogen) atoms. The predicted octanol–water partition coefficient (Wildman–Crippen LogP) is 4.85. The van der Waals surface area contributed by atoms with E-state index in [2.05, 4.69) is 5.32 Å². The second kappa shape index (κ2) is 8.64. The lowest BCUT2D eigenvalue weighted by molar-refractivity contribution is -0.121. The van der Waals surface area contributed by atoms with Gasteiger partial charge in [-0.3, -0.25) is 4.79 Å². The number of halogens is 1. The molecule has 3 rings (SSSR count). The van der Waals surface area contributed by atoms with E-state index < -0.39 is 11.4 Å². The van der Waals surface area contributed by atoms with Gasteiger partial charge in [-0.15, -0.1) is 0 Å². The van der Waals surface area contributed by atoms with Crippen molar-refractivity contribution in [2.24, 2.45) is 0 Å². The van der Waals surface area contributed by atoms with Gasteiger partial charge in [0.25, 0.3) is 0 Å². The number of benzene rings is 2. The second-order valence-electron chi connectivity index (χ2n) is 7.59. The van der Waals surface area contributed by atoms with Crippen LogP contribution >= 0.6 is 0 Å². The quantitative estimate of drug-likeness (QED) is 0.705. The van der Waals surface area contributed by atoms with E-state index in [4.69, 9.17) is 9.47 Å². The first-order chi connectivity index (χ1) is 13.9. The van der Waals surface area contributed by atoms with Gasteiger partial charge in [-0.1, -0.05) is 31.0 Å². The molecule has 0 radical (unpaired) electrons. The third-order valence-corrected chi connectivity index (χ3v) is 5.29. The van der Waals surface area contributed by atoms with Crippen LogP contribution in [0.4, 0.5) is 10.1 Å². The molecule has 1 N–H and O–H groups in total. The number of carbonyl (C=O) groups is 2. The monoisotopic (exact) mass is 399 g/mol. The first kappa shape index (κ1) is 20.8. The first-order valence-electron chi connectivity index (χ1n) is 9.83. The molecule has 0 spiro atoms. The van der Waals surface area contributed by atoms with Crippen LogP contribution in [0.5, 0.6) is 5.75 Å². The Morgan fingerprint density at radius 3 is 2.41 bits per heavy atom. The minimum Gasteiger partial charge on any atom is -0.490 e. The summed E-state index contributed by atoms with van der Waals surface area (Å²) in [6, 6.07) is 11.3. The van der Waals surface area contributed by atoms with Gasteiger partial charge in [-0.25, -0.2) is 9.18 Å². The van der Waals surface area contributed by atoms with E-state index in [0.717, 1.165) is 12.8 Å². The number of methoxy groups -OCH3 is 1. The number of hydrogen-bond donors (Lipinski definition) is 1. The highest BCUT2D eigenvalue weighted by molar-refractivity contribution is 6.01. The molecule has 1 saturated carbocycles. The molecule has 0 atom stereocenters. The van der Waals surface area contributed by atoms with Gasteiger partial charge in [0.15, 0.2) is 0 Å². The maximum absolute atomic E-state index is 14.5. The van der Waals surface area contributed by atoms with Gasteiger partial charge in [0.05, 0.1) is 18.6 Å². The molecule has 0 unspecified atom stereocenters. The lowest BCUT2D eigenvalue weighted by Crippen LogP contribution is -2.38. The molecule has 6 heteroatoms. The first-order valence-corrected chi connectivity index (χ1v) is 9.83. The molecule has 2 aromatic carbocycles. The molecule has 1 fully saturated rings. The summed E-state index contributed by atoms with van der Waals surface area (Å²) in [5.41, 5.74) is 0.173. The average molecular weight is 399 g/mol. The Bertz CT molecular complexity index is 904. The minimum atomic E-state index is -0.913. The van der Waals surface area contributed by atoms with Crippen LogP contribution in [0.15, 0.2) is 42.5 Å². The average Bonchev–Trinajstić information content (AvgIpc) is 3.19. The molecule has 0 aromatic heterocycles. The van der Waals surface area contributed by atoms with Crippen molar-refractivity contribution in [2.45, 2.75) is 51.0 Å². The van der Waals surface area contributed by atoms with Crippen LogP contribution in [0.25, 0.3) is 0 Å². The van der Waals surface area contributed by atoms with Gasteiger partial charge in [0, 0.05) is 11.3 Å². The van der Waals surface area contributed by atoms with Crippen LogP contribution in [0.1, 0.15) is 55.5 Å². The molecule has 0 heterocycles. The van der Waals surface area contributed by atoms with Crippen molar-refractivity contribution in [3.63, 3.8) is 0 Å². The Kier molecular flexibility index (Phi) is 6.20. The Morgan fingerprint density at radius 1 is 1.10 bits per heavy atom. The van der Waals surface area contributed by atoms with Crippen molar-refractivity contribution in [3.05, 3.63) is 59.4 Å². The zero-order valence-corrected chi connectivity index (χ0v) is 17.0. The Balaban J connectivity index is 1.93. The zero-order valence-electron chi connectivity index (χ0n) is 17.0. The van der Waals surface area contributed by atoms with Crippen molar-refractivity contribution < 1.29 is 23.5 Å². The topological polar surface area (TPSA) is 64.6 Å². The van der Waals surface area contributed by atoms with Gasteiger partial charge >= 0.3 is 5.97 Å². The van der Waals surface area contributed by atoms with Gasteiger partial charge in [0.1, 0.15) is 17.1 Å². The Labute approximate surface area is 170 Å². The molecule has 0 aliphatic heterocycles. The van der Waals surface area contributed by atoms with E-state index in [0.29, 0.717) is 29.8 Å². The largest absolute Gasteiger partial charge is 0.490 e. The number of hydrogen-bond acceptors (Lipinski definition) is 4. The minimum absolute atomic E-state index is 0.123. The van der Waals surface area contributed by atoms with Gasteiger partial charge in [-0.05, 0) is 51.0 Å². The Hall–Kier alpha value is -2.89. The summed E-state index contributed by atoms with van der Waals surface area (Å²) in [6.45, 7) is 3.71. The molecule has 0 bridgehead atoms. The molecule has 1 amide bonds. The van der Waals surface area contributed by atoms with Crippen molar-refractivity contribution in [2.75, 3.05) is 12.4 Å². The number of rotatable bonds is 6. The summed E-state index contributed by atoms with van der Waals surface area (Å²) in [4.78, 5) is 25.5. The van der Waals surface area contributed by atoms with Crippen LogP contribution in [0.2, 0.25) is 0 Å². The highest BCUT2D eigenvalue weighted by atomic mass is 19.1. The Morgan fingerprint density at radius 2 is 1.79 bits per heavy atom. The molecule has 5 nitrogen and oxygen atoms in total. The molecule has 2 aromatic rings. The fourth-order valence-corrected chi connectivity index (χ4v) is 3.93. The summed E-state index contributed by atoms with van der Waals surface area (Å²) < 4.78 is 25.0. The van der Waals surface area contributed by atoms with Crippen molar-refractivity contribution in [1.29, 1.82) is 0 Å². The van der Waals surface area contributed by atoms with E-state index in [9.17, 15) is 14.0 Å². The second-order valence-corrected chi connectivity index (χ2v) is 7.59. The van der Waals surface area contributed by atoms with Crippen LogP contribution < -0.4 is 10.1 Å². The maximum Gasteiger partial charge on any atom is 0.341 e. The number of nitrogens with one attached hydrogen (secondary N) is 1. The number of ether oxygens (including phenoxy) is 2. The van der Waals surface area contributed by atoms with Crippen LogP contribution in [0.3, 0.4) is 0 Å². The van der Waals surface area contributed by atoms with E-state index in [1.807, 2.05) is 13.8 Å². The number of anilines is 1. The summed E-state index contributed by atoms with van der Waals surface area (Å²) in [7, 11) is 1.29. The summed E-state index contributed by atoms with van der Waals surface area (Å²) in [5.74, 6) is -0.815. The summed E-state index contributed by atoms with van der Waals surface area (Å²) in [6.07, 6.45) is 2.75. The molecule has 154 valence electrons. The molecule has 0 saturated heterocycles. The summed E-state index contributed by atoms with van der Waals surface area (Å²) >= 11 is 0. The van der Waals surface area contributed by atoms with Crippen LogP contribution in [-0.4, -0.2) is 25.1 Å². The fraction of sp³-hybridized carbons (Fsp3) is 0.391. The fourth-order valence-electron chi connectivity index (χ4n) is 3.93. The van der Waals surface area contributed by atoms with Crippen molar-refractivity contribution in [3.8, 4) is 5.75 Å². The normalized spacial score (nSPS) is 15.2. The van der Waals surface area contributed by atoms with E-state index >= 15 is 0 Å². The van der Waals surface area contributed by atoms with E-state index in [1.54, 1.807) is 30.3 Å². The zero-order chi connectivity index (χ0) is 21.0. The van der Waals surface area contributed by atoms with Gasteiger partial charge in [0.2, 0.25) is 5.91 Å². The number of esters is 1. The lowest BCUT2D eigenvalue weighted by atomic mass is 9.77. The molecular weight excluding hydrogens is 373 g/mol. The third-order valence-electron chi connectivity index (χ3n) is 5.29. The number of carbonyl (C=O) groups excluding carboxylic acids is 2. The summed E-state index contributed by atoms with van der Waals surface area (Å²) in [5, 5.41) is 2.88. The van der Waals surface area contributed by atoms with Crippen LogP contribution in [-0.2, 0) is 14.9 Å². The third kappa shape index (κ3) is 4.26. The molecular formula is C23H26FNO4. The van der Waals surface area contributed by atoms with Crippen LogP contribution in [0, 0.1) is 5.82 Å². The van der Waals surface area contributed by atoms with Crippen molar-refractivity contribution in [1.82, 2.24) is 0 Å². The molecule has 1 aliphatic carbocycles. The number of amides is 1. The highest BCUT2D eigenvalue weighted by Crippen LogP contribution is 2.43. The smallest absolute Gasteiger partial charge is 0.341 e. The van der Waals surface area contributed by atoms with E-state index in [-0.39, 0.29) is 23.4 Å².